The lowest BCUT2D eigenvalue weighted by molar-refractivity contribution is 0.0701. The van der Waals surface area contributed by atoms with Crippen molar-refractivity contribution in [3.63, 3.8) is 0 Å². The molecule has 3 aliphatic carbocycles. The van der Waals surface area contributed by atoms with Crippen molar-refractivity contribution in [2.75, 3.05) is 0 Å². The minimum atomic E-state index is -0.0431. The van der Waals surface area contributed by atoms with Crippen LogP contribution >= 0.6 is 0 Å². The molecular formula is C17H18O. The predicted molar refractivity (Wildman–Crippen MR) is 71.6 cm³/mol. The van der Waals surface area contributed by atoms with E-state index in [4.69, 9.17) is 0 Å². The Morgan fingerprint density at radius 1 is 1.28 bits per heavy atom. The number of aryl methyl sites for hydroxylation is 2. The van der Waals surface area contributed by atoms with E-state index in [-0.39, 0.29) is 5.41 Å². The maximum absolute atomic E-state index is 13.0. The Balaban J connectivity index is 1.86. The lowest BCUT2D eigenvalue weighted by atomic mass is 9.63. The van der Waals surface area contributed by atoms with Crippen LogP contribution in [0.4, 0.5) is 0 Å². The van der Waals surface area contributed by atoms with E-state index in [0.29, 0.717) is 17.6 Å². The molecule has 0 amide bonds. The van der Waals surface area contributed by atoms with Gasteiger partial charge in [-0.05, 0) is 55.6 Å². The van der Waals surface area contributed by atoms with Crippen molar-refractivity contribution >= 4 is 5.78 Å². The number of benzene rings is 1. The first kappa shape index (κ1) is 10.5. The van der Waals surface area contributed by atoms with Crippen LogP contribution < -0.4 is 0 Å². The molecule has 0 radical (unpaired) electrons. The van der Waals surface area contributed by atoms with Crippen LogP contribution in [0.1, 0.15) is 40.7 Å². The summed E-state index contributed by atoms with van der Waals surface area (Å²) in [5.41, 5.74) is 3.45. The molecule has 1 aromatic carbocycles. The molecule has 0 aromatic heterocycles. The molecule has 0 saturated heterocycles. The first-order valence-electron chi connectivity index (χ1n) is 7.02. The second-order valence-corrected chi connectivity index (χ2v) is 6.29. The molecule has 3 unspecified atom stereocenters. The number of fused-ring (bicyclic) bond motifs is 4. The maximum atomic E-state index is 13.0. The van der Waals surface area contributed by atoms with E-state index in [9.17, 15) is 4.79 Å². The molecule has 92 valence electrons. The number of ketones is 1. The Hall–Kier alpha value is -1.37. The summed E-state index contributed by atoms with van der Waals surface area (Å²) in [6.07, 6.45) is 9.10. The standard InChI is InChI=1S/C17H18O/c1-11-3-2-4-13-7-8-17(16(18)15(11)13)10-12-5-6-14(17)9-12/h2-6,12,14H,7-10H2,1H3. The van der Waals surface area contributed by atoms with Crippen LogP contribution in [0.15, 0.2) is 30.4 Å². The van der Waals surface area contributed by atoms with Crippen molar-refractivity contribution in [3.05, 3.63) is 47.0 Å². The summed E-state index contributed by atoms with van der Waals surface area (Å²) in [6.45, 7) is 2.08. The van der Waals surface area contributed by atoms with Crippen LogP contribution in [0, 0.1) is 24.2 Å². The van der Waals surface area contributed by atoms with Gasteiger partial charge in [-0.3, -0.25) is 4.79 Å². The number of Topliss-reactive ketones (excluding diaryl/α,β-unsaturated/α-hetero) is 1. The van der Waals surface area contributed by atoms with Crippen LogP contribution in [0.25, 0.3) is 0 Å². The third kappa shape index (κ3) is 1.15. The van der Waals surface area contributed by atoms with Gasteiger partial charge >= 0.3 is 0 Å². The lowest BCUT2D eigenvalue weighted by Gasteiger charge is -2.38. The van der Waals surface area contributed by atoms with Gasteiger partial charge < -0.3 is 0 Å². The number of rotatable bonds is 0. The van der Waals surface area contributed by atoms with Crippen LogP contribution in [0.5, 0.6) is 0 Å². The van der Waals surface area contributed by atoms with Gasteiger partial charge in [0.15, 0.2) is 5.78 Å². The summed E-state index contributed by atoms with van der Waals surface area (Å²) in [4.78, 5) is 13.0. The molecular weight excluding hydrogens is 220 g/mol. The molecule has 1 saturated carbocycles. The molecule has 1 fully saturated rings. The molecule has 4 rings (SSSR count). The van der Waals surface area contributed by atoms with Crippen LogP contribution in [-0.2, 0) is 6.42 Å². The molecule has 0 aliphatic heterocycles. The van der Waals surface area contributed by atoms with E-state index >= 15 is 0 Å². The zero-order valence-corrected chi connectivity index (χ0v) is 10.8. The molecule has 3 atom stereocenters. The zero-order chi connectivity index (χ0) is 12.3. The summed E-state index contributed by atoms with van der Waals surface area (Å²) in [5.74, 6) is 1.63. The Morgan fingerprint density at radius 2 is 2.17 bits per heavy atom. The van der Waals surface area contributed by atoms with Crippen LogP contribution in [0.3, 0.4) is 0 Å². The molecule has 2 bridgehead atoms. The van der Waals surface area contributed by atoms with Crippen molar-refractivity contribution < 1.29 is 4.79 Å². The van der Waals surface area contributed by atoms with Gasteiger partial charge in [0.25, 0.3) is 0 Å². The normalized spacial score (nSPS) is 36.4. The quantitative estimate of drug-likeness (QED) is 0.630. The van der Waals surface area contributed by atoms with Gasteiger partial charge in [-0.1, -0.05) is 30.4 Å². The highest BCUT2D eigenvalue weighted by Crippen LogP contribution is 2.57. The minimum Gasteiger partial charge on any atom is -0.294 e. The number of allylic oxidation sites excluding steroid dienone is 2. The highest BCUT2D eigenvalue weighted by molar-refractivity contribution is 6.04. The van der Waals surface area contributed by atoms with E-state index in [1.54, 1.807) is 0 Å². The Bertz CT molecular complexity index is 569. The Labute approximate surface area is 108 Å². The van der Waals surface area contributed by atoms with Gasteiger partial charge in [0.2, 0.25) is 0 Å². The number of hydrogen-bond donors (Lipinski definition) is 0. The summed E-state index contributed by atoms with van der Waals surface area (Å²) < 4.78 is 0. The van der Waals surface area contributed by atoms with Gasteiger partial charge in [-0.25, -0.2) is 0 Å². The summed E-state index contributed by atoms with van der Waals surface area (Å²) >= 11 is 0. The van der Waals surface area contributed by atoms with Crippen LogP contribution in [-0.4, -0.2) is 5.78 Å². The summed E-state index contributed by atoms with van der Waals surface area (Å²) in [6, 6.07) is 6.30. The van der Waals surface area contributed by atoms with Crippen molar-refractivity contribution in [1.29, 1.82) is 0 Å². The lowest BCUT2D eigenvalue weighted by Crippen LogP contribution is -2.39. The SMILES string of the molecule is Cc1cccc2c1C(=O)C1(CC2)CC2C=CC1C2. The Morgan fingerprint density at radius 3 is 2.89 bits per heavy atom. The fourth-order valence-electron chi connectivity index (χ4n) is 4.49. The van der Waals surface area contributed by atoms with Gasteiger partial charge in [-0.15, -0.1) is 0 Å². The van der Waals surface area contributed by atoms with Crippen molar-refractivity contribution in [2.24, 2.45) is 17.3 Å². The highest BCUT2D eigenvalue weighted by atomic mass is 16.1. The number of carbonyl (C=O) groups is 1. The fraction of sp³-hybridized carbons (Fsp3) is 0.471. The number of carbonyl (C=O) groups excluding carboxylic acids is 1. The molecule has 1 aromatic rings. The third-order valence-electron chi connectivity index (χ3n) is 5.39. The average Bonchev–Trinajstić information content (AvgIpc) is 2.95. The van der Waals surface area contributed by atoms with Gasteiger partial charge in [0, 0.05) is 11.0 Å². The summed E-state index contributed by atoms with van der Waals surface area (Å²) in [5, 5.41) is 0. The van der Waals surface area contributed by atoms with Gasteiger partial charge in [-0.2, -0.15) is 0 Å². The van der Waals surface area contributed by atoms with E-state index in [2.05, 4.69) is 37.3 Å². The molecule has 1 spiro atoms. The second kappa shape index (κ2) is 3.34. The van der Waals surface area contributed by atoms with Gasteiger partial charge in [0.05, 0.1) is 0 Å². The number of hydrogen-bond acceptors (Lipinski definition) is 1. The van der Waals surface area contributed by atoms with E-state index < -0.39 is 0 Å². The van der Waals surface area contributed by atoms with Gasteiger partial charge in [0.1, 0.15) is 0 Å². The zero-order valence-electron chi connectivity index (χ0n) is 10.8. The second-order valence-electron chi connectivity index (χ2n) is 6.29. The van der Waals surface area contributed by atoms with E-state index in [0.717, 1.165) is 24.8 Å². The van der Waals surface area contributed by atoms with Crippen LogP contribution in [0.2, 0.25) is 0 Å². The monoisotopic (exact) mass is 238 g/mol. The first-order chi connectivity index (χ1) is 8.71. The molecule has 0 heterocycles. The molecule has 0 N–H and O–H groups in total. The fourth-order valence-corrected chi connectivity index (χ4v) is 4.49. The molecule has 1 nitrogen and oxygen atoms in total. The van der Waals surface area contributed by atoms with Crippen molar-refractivity contribution in [3.8, 4) is 0 Å². The topological polar surface area (TPSA) is 17.1 Å². The molecule has 3 aliphatic rings. The molecule has 18 heavy (non-hydrogen) atoms. The minimum absolute atomic E-state index is 0.0431. The maximum Gasteiger partial charge on any atom is 0.170 e. The average molecular weight is 238 g/mol. The Kier molecular flexibility index (Phi) is 1.96. The van der Waals surface area contributed by atoms with Crippen molar-refractivity contribution in [2.45, 2.75) is 32.6 Å². The molecule has 1 heteroatoms. The van der Waals surface area contributed by atoms with E-state index in [1.807, 2.05) is 0 Å². The van der Waals surface area contributed by atoms with Crippen molar-refractivity contribution in [1.82, 2.24) is 0 Å². The largest absolute Gasteiger partial charge is 0.294 e. The smallest absolute Gasteiger partial charge is 0.170 e. The summed E-state index contributed by atoms with van der Waals surface area (Å²) in [7, 11) is 0. The first-order valence-corrected chi connectivity index (χ1v) is 7.02. The highest BCUT2D eigenvalue weighted by Gasteiger charge is 2.54. The van der Waals surface area contributed by atoms with E-state index in [1.165, 1.54) is 17.5 Å². The predicted octanol–water partition coefficient (Wildman–Crippen LogP) is 3.71. The third-order valence-corrected chi connectivity index (χ3v) is 5.39.